The molecule has 1 aromatic heterocycles. The van der Waals surface area contributed by atoms with Crippen LogP contribution >= 0.6 is 11.6 Å². The zero-order chi connectivity index (χ0) is 28.4. The number of nitrogens with zero attached hydrogens (tertiary/aromatic N) is 1. The van der Waals surface area contributed by atoms with Gasteiger partial charge in [-0.2, -0.15) is 0 Å². The Balaban J connectivity index is 1.71. The van der Waals surface area contributed by atoms with Crippen LogP contribution in [-0.4, -0.2) is 12.4 Å². The lowest BCUT2D eigenvalue weighted by molar-refractivity contribution is 0.589. The molecule has 5 aromatic carbocycles. The second-order valence-electron chi connectivity index (χ2n) is 10.0. The highest BCUT2D eigenvalue weighted by atomic mass is 35.5. The Kier molecular flexibility index (Phi) is 7.36. The van der Waals surface area contributed by atoms with Crippen molar-refractivity contribution in [2.45, 2.75) is 17.7 Å². The molecule has 3 nitrogen and oxygen atoms in total. The molecule has 0 saturated heterocycles. The molecule has 0 aliphatic rings. The zero-order valence-corrected chi connectivity index (χ0v) is 24.1. The number of aromatic nitrogens is 1. The molecule has 0 bridgehead atoms. The lowest BCUT2D eigenvalue weighted by Gasteiger charge is -2.18. The molecule has 6 aromatic rings. The molecule has 1 unspecified atom stereocenters. The van der Waals surface area contributed by atoms with Crippen LogP contribution in [-0.2, 0) is 10.0 Å². The van der Waals surface area contributed by atoms with Crippen LogP contribution in [0.15, 0.2) is 144 Å². The second kappa shape index (κ2) is 11.2. The third kappa shape index (κ3) is 5.24. The highest BCUT2D eigenvalue weighted by molar-refractivity contribution is 7.90. The average Bonchev–Trinajstić information content (AvgIpc) is 3.35. The molecule has 0 saturated carbocycles. The van der Waals surface area contributed by atoms with Crippen molar-refractivity contribution in [1.29, 1.82) is 0 Å². The number of hydrogen-bond acceptors (Lipinski definition) is 2. The maximum atomic E-state index is 14.5. The van der Waals surface area contributed by atoms with Gasteiger partial charge in [0, 0.05) is 16.3 Å². The summed E-state index contributed by atoms with van der Waals surface area (Å²) in [4.78, 5) is 0.238. The monoisotopic (exact) mass is 573 g/mol. The topological polar surface area (TPSA) is 39.1 Å². The van der Waals surface area contributed by atoms with Gasteiger partial charge in [0.2, 0.25) is 0 Å². The van der Waals surface area contributed by atoms with E-state index in [4.69, 9.17) is 11.6 Å². The van der Waals surface area contributed by atoms with Crippen molar-refractivity contribution in [2.75, 3.05) is 0 Å². The van der Waals surface area contributed by atoms with Gasteiger partial charge in [-0.15, -0.1) is 0 Å². The summed E-state index contributed by atoms with van der Waals surface area (Å²) in [5.74, 6) is -0.235. The van der Waals surface area contributed by atoms with Gasteiger partial charge in [0.1, 0.15) is 0 Å². The van der Waals surface area contributed by atoms with Crippen molar-refractivity contribution in [3.8, 4) is 11.3 Å². The Morgan fingerprint density at radius 2 is 1.32 bits per heavy atom. The molecule has 5 heteroatoms. The summed E-state index contributed by atoms with van der Waals surface area (Å²) in [6.07, 6.45) is 4.26. The maximum Gasteiger partial charge on any atom is 0.268 e. The van der Waals surface area contributed by atoms with E-state index in [1.807, 2.05) is 91.9 Å². The van der Waals surface area contributed by atoms with Gasteiger partial charge < -0.3 is 0 Å². The van der Waals surface area contributed by atoms with Crippen LogP contribution in [0.2, 0.25) is 5.02 Å². The molecule has 202 valence electrons. The van der Waals surface area contributed by atoms with E-state index < -0.39 is 10.0 Å². The number of fused-ring (bicyclic) bond motifs is 1. The van der Waals surface area contributed by atoms with Crippen LogP contribution < -0.4 is 0 Å². The van der Waals surface area contributed by atoms with Gasteiger partial charge in [-0.25, -0.2) is 12.4 Å². The number of hydrogen-bond donors (Lipinski definition) is 0. The third-order valence-electron chi connectivity index (χ3n) is 7.30. The number of para-hydroxylation sites is 1. The molecular weight excluding hydrogens is 546 g/mol. The fourth-order valence-corrected chi connectivity index (χ4v) is 6.98. The molecule has 0 spiro atoms. The standard InChI is InChI=1S/C36H28ClNO2S/c1-26-16-23-31(24-17-26)41(39,40)38-34-15-9-8-14-33(34)35(36(38)29-19-21-30(37)22-20-29)32(28-12-6-3-7-13-28)25-18-27-10-4-2-5-11-27/h2-25,32H,1H3/b25-18+. The fourth-order valence-electron chi connectivity index (χ4n) is 5.30. The van der Waals surface area contributed by atoms with Crippen LogP contribution in [0.25, 0.3) is 28.2 Å². The van der Waals surface area contributed by atoms with E-state index in [-0.39, 0.29) is 10.8 Å². The van der Waals surface area contributed by atoms with Crippen LogP contribution in [0.4, 0.5) is 0 Å². The van der Waals surface area contributed by atoms with Crippen LogP contribution in [0.5, 0.6) is 0 Å². The maximum absolute atomic E-state index is 14.5. The van der Waals surface area contributed by atoms with Crippen LogP contribution in [0.3, 0.4) is 0 Å². The van der Waals surface area contributed by atoms with E-state index in [0.29, 0.717) is 16.2 Å². The van der Waals surface area contributed by atoms with Gasteiger partial charge in [0.05, 0.1) is 16.1 Å². The first-order valence-corrected chi connectivity index (χ1v) is 15.2. The van der Waals surface area contributed by atoms with E-state index in [1.165, 1.54) is 3.97 Å². The molecule has 0 fully saturated rings. The summed E-state index contributed by atoms with van der Waals surface area (Å²) in [7, 11) is -3.97. The van der Waals surface area contributed by atoms with Gasteiger partial charge in [0.15, 0.2) is 0 Å². The lowest BCUT2D eigenvalue weighted by Crippen LogP contribution is -2.15. The molecule has 1 heterocycles. The summed E-state index contributed by atoms with van der Waals surface area (Å²) in [5.41, 5.74) is 6.05. The number of rotatable bonds is 7. The molecule has 0 N–H and O–H groups in total. The molecule has 0 aliphatic carbocycles. The van der Waals surface area contributed by atoms with E-state index in [9.17, 15) is 8.42 Å². The summed E-state index contributed by atoms with van der Waals surface area (Å²) >= 11 is 6.30. The van der Waals surface area contributed by atoms with Crippen LogP contribution in [0.1, 0.15) is 28.2 Å². The van der Waals surface area contributed by atoms with E-state index in [2.05, 4.69) is 36.4 Å². The molecule has 0 amide bonds. The smallest absolute Gasteiger partial charge is 0.233 e. The Bertz CT molecular complexity index is 1940. The first-order valence-electron chi connectivity index (χ1n) is 13.4. The van der Waals surface area contributed by atoms with Crippen molar-refractivity contribution < 1.29 is 8.42 Å². The molecule has 1 atom stereocenters. The molecule has 0 radical (unpaired) electrons. The lowest BCUT2D eigenvalue weighted by atomic mass is 9.87. The first kappa shape index (κ1) is 26.8. The van der Waals surface area contributed by atoms with E-state index in [0.717, 1.165) is 33.2 Å². The predicted molar refractivity (Wildman–Crippen MR) is 170 cm³/mol. The van der Waals surface area contributed by atoms with Gasteiger partial charge in [-0.3, -0.25) is 0 Å². The normalized spacial score (nSPS) is 12.6. The Labute approximate surface area is 246 Å². The Morgan fingerprint density at radius 1 is 0.707 bits per heavy atom. The highest BCUT2D eigenvalue weighted by Crippen LogP contribution is 2.44. The zero-order valence-electron chi connectivity index (χ0n) is 22.5. The van der Waals surface area contributed by atoms with Gasteiger partial charge in [-0.05, 0) is 59.5 Å². The number of benzene rings is 5. The molecular formula is C36H28ClNO2S. The highest BCUT2D eigenvalue weighted by Gasteiger charge is 2.31. The SMILES string of the molecule is Cc1ccc(S(=O)(=O)n2c(-c3ccc(Cl)cc3)c(C(/C=C/c3ccccc3)c3ccccc3)c3ccccc32)cc1. The summed E-state index contributed by atoms with van der Waals surface area (Å²) < 4.78 is 30.5. The Hall–Kier alpha value is -4.38. The molecule has 6 rings (SSSR count). The number of allylic oxidation sites excluding steroid dienone is 1. The predicted octanol–water partition coefficient (Wildman–Crippen LogP) is 9.35. The summed E-state index contributed by atoms with van der Waals surface area (Å²) in [5, 5.41) is 1.46. The van der Waals surface area contributed by atoms with Crippen LogP contribution in [0, 0.1) is 6.92 Å². The minimum atomic E-state index is -3.97. The second-order valence-corrected chi connectivity index (χ2v) is 12.3. The number of halogens is 1. The molecule has 0 aliphatic heterocycles. The third-order valence-corrected chi connectivity index (χ3v) is 9.28. The minimum absolute atomic E-state index is 0.235. The summed E-state index contributed by atoms with van der Waals surface area (Å²) in [6, 6.07) is 42.5. The van der Waals surface area contributed by atoms with Gasteiger partial charge >= 0.3 is 0 Å². The Morgan fingerprint density at radius 3 is 2.00 bits per heavy atom. The fraction of sp³-hybridized carbons (Fsp3) is 0.0556. The van der Waals surface area contributed by atoms with Gasteiger partial charge in [0.25, 0.3) is 10.0 Å². The number of aryl methyl sites for hydroxylation is 1. The van der Waals surface area contributed by atoms with Crippen molar-refractivity contribution in [3.05, 3.63) is 167 Å². The quantitative estimate of drug-likeness (QED) is 0.191. The largest absolute Gasteiger partial charge is 0.268 e. The first-order chi connectivity index (χ1) is 19.9. The van der Waals surface area contributed by atoms with E-state index in [1.54, 1.807) is 24.3 Å². The molecule has 41 heavy (non-hydrogen) atoms. The minimum Gasteiger partial charge on any atom is -0.233 e. The summed E-state index contributed by atoms with van der Waals surface area (Å²) in [6.45, 7) is 1.95. The van der Waals surface area contributed by atoms with E-state index >= 15 is 0 Å². The average molecular weight is 574 g/mol. The van der Waals surface area contributed by atoms with Crippen molar-refractivity contribution in [3.63, 3.8) is 0 Å². The van der Waals surface area contributed by atoms with Gasteiger partial charge in [-0.1, -0.05) is 132 Å². The van der Waals surface area contributed by atoms with Crippen molar-refractivity contribution in [1.82, 2.24) is 3.97 Å². The van der Waals surface area contributed by atoms with Crippen molar-refractivity contribution in [2.24, 2.45) is 0 Å². The van der Waals surface area contributed by atoms with Crippen molar-refractivity contribution >= 4 is 38.6 Å².